The minimum absolute atomic E-state index is 0.322. The number of pyridine rings is 1. The Morgan fingerprint density at radius 2 is 1.43 bits per heavy atom. The van der Waals surface area contributed by atoms with E-state index in [2.05, 4.69) is 59.9 Å². The zero-order valence-electron chi connectivity index (χ0n) is 21.8. The summed E-state index contributed by atoms with van der Waals surface area (Å²) in [5.74, 6) is 0.322. The maximum Gasteiger partial charge on any atom is 0.143 e. The first-order valence-corrected chi connectivity index (χ1v) is 13.5. The second-order valence-corrected chi connectivity index (χ2v) is 9.78. The maximum atomic E-state index is 11.4. The van der Waals surface area contributed by atoms with Gasteiger partial charge in [0.15, 0.2) is 0 Å². The van der Waals surface area contributed by atoms with Crippen LogP contribution in [0.1, 0.15) is 64.5 Å². The Hall–Kier alpha value is -2.34. The van der Waals surface area contributed by atoms with Crippen molar-refractivity contribution in [3.05, 3.63) is 58.7 Å². The first-order valence-electron chi connectivity index (χ1n) is 13.1. The fourth-order valence-electron chi connectivity index (χ4n) is 4.75. The largest absolute Gasteiger partial charge is 0.505 e. The number of nitrogens with one attached hydrogen (secondary N) is 1. The molecule has 2 aromatic carbocycles. The van der Waals surface area contributed by atoms with E-state index in [1.165, 1.54) is 5.56 Å². The van der Waals surface area contributed by atoms with Crippen LogP contribution in [0.2, 0.25) is 5.02 Å². The van der Waals surface area contributed by atoms with Crippen molar-refractivity contribution in [1.29, 1.82) is 0 Å². The highest BCUT2D eigenvalue weighted by atomic mass is 35.5. The van der Waals surface area contributed by atoms with Crippen LogP contribution in [0, 0.1) is 0 Å². The van der Waals surface area contributed by atoms with E-state index < -0.39 is 0 Å². The van der Waals surface area contributed by atoms with Gasteiger partial charge in [-0.1, -0.05) is 39.3 Å². The molecule has 3 rings (SSSR count). The van der Waals surface area contributed by atoms with Crippen LogP contribution in [0.5, 0.6) is 5.75 Å². The van der Waals surface area contributed by atoms with Gasteiger partial charge in [-0.05, 0) is 93.8 Å². The number of phenols is 1. The third kappa shape index (κ3) is 7.57. The number of hydrogen-bond acceptors (Lipinski definition) is 5. The quantitative estimate of drug-likeness (QED) is 0.225. The summed E-state index contributed by atoms with van der Waals surface area (Å²) in [5, 5.41) is 16.5. The molecule has 1 heterocycles. The molecule has 6 heteroatoms. The van der Waals surface area contributed by atoms with Crippen LogP contribution >= 0.6 is 11.6 Å². The molecule has 0 radical (unpaired) electrons. The van der Waals surface area contributed by atoms with E-state index >= 15 is 0 Å². The molecule has 3 aromatic rings. The summed E-state index contributed by atoms with van der Waals surface area (Å²) in [7, 11) is 0. The summed E-state index contributed by atoms with van der Waals surface area (Å²) >= 11 is 6.19. The molecule has 0 aliphatic rings. The van der Waals surface area contributed by atoms with Crippen molar-refractivity contribution in [2.75, 3.05) is 31.5 Å². The highest BCUT2D eigenvalue weighted by molar-refractivity contribution is 6.31. The molecule has 1 aromatic heterocycles. The van der Waals surface area contributed by atoms with Gasteiger partial charge in [0.2, 0.25) is 0 Å². The molecule has 0 amide bonds. The molecular weight excluding hydrogens is 456 g/mol. The lowest BCUT2D eigenvalue weighted by molar-refractivity contribution is 0.259. The summed E-state index contributed by atoms with van der Waals surface area (Å²) in [4.78, 5) is 9.39. The molecule has 2 N–H and O–H groups in total. The number of benzene rings is 2. The molecule has 0 aliphatic heterocycles. The second kappa shape index (κ2) is 13.7. The molecule has 0 unspecified atom stereocenters. The zero-order chi connectivity index (χ0) is 25.2. The number of nitrogens with zero attached hydrogens (tertiary/aromatic N) is 3. The van der Waals surface area contributed by atoms with Gasteiger partial charge in [-0.25, -0.2) is 0 Å². The molecule has 0 atom stereocenters. The summed E-state index contributed by atoms with van der Waals surface area (Å²) in [6.45, 7) is 14.7. The van der Waals surface area contributed by atoms with Gasteiger partial charge in [-0.2, -0.15) is 0 Å². The van der Waals surface area contributed by atoms with E-state index in [4.69, 9.17) is 11.6 Å². The summed E-state index contributed by atoms with van der Waals surface area (Å²) in [6, 6.07) is 12.0. The Bertz CT molecular complexity index is 1080. The summed E-state index contributed by atoms with van der Waals surface area (Å²) in [6.07, 6.45) is 6.22. The second-order valence-electron chi connectivity index (χ2n) is 9.35. The number of halogens is 1. The average molecular weight is 497 g/mol. The Balaban J connectivity index is 2.01. The Morgan fingerprint density at radius 3 is 2.06 bits per heavy atom. The van der Waals surface area contributed by atoms with Crippen molar-refractivity contribution in [3.63, 3.8) is 0 Å². The Morgan fingerprint density at radius 1 is 0.800 bits per heavy atom. The molecular formula is C29H41ClN4O. The normalized spacial score (nSPS) is 11.6. The molecule has 0 aliphatic carbocycles. The van der Waals surface area contributed by atoms with E-state index in [9.17, 15) is 5.11 Å². The monoisotopic (exact) mass is 496 g/mol. The SMILES string of the molecule is CCCN(CCC)Cc1cc(CN(CCC)CCC)c(O)c(Nc2ccnc3cc(Cl)ccc23)c1. The van der Waals surface area contributed by atoms with Gasteiger partial charge in [-0.15, -0.1) is 0 Å². The highest BCUT2D eigenvalue weighted by Crippen LogP contribution is 2.35. The summed E-state index contributed by atoms with van der Waals surface area (Å²) in [5.41, 5.74) is 4.66. The zero-order valence-corrected chi connectivity index (χ0v) is 22.5. The van der Waals surface area contributed by atoms with Crippen LogP contribution in [0.25, 0.3) is 10.9 Å². The number of hydrogen-bond donors (Lipinski definition) is 2. The van der Waals surface area contributed by atoms with Crippen molar-refractivity contribution in [2.45, 2.75) is 66.5 Å². The van der Waals surface area contributed by atoms with Gasteiger partial charge in [-0.3, -0.25) is 14.8 Å². The van der Waals surface area contributed by atoms with E-state index in [1.807, 2.05) is 24.3 Å². The van der Waals surface area contributed by atoms with Crippen LogP contribution in [0.15, 0.2) is 42.6 Å². The predicted octanol–water partition coefficient (Wildman–Crippen LogP) is 7.58. The number of anilines is 2. The fraction of sp³-hybridized carbons (Fsp3) is 0.483. The minimum Gasteiger partial charge on any atom is -0.505 e. The Kier molecular flexibility index (Phi) is 10.6. The van der Waals surface area contributed by atoms with E-state index in [-0.39, 0.29) is 0 Å². The summed E-state index contributed by atoms with van der Waals surface area (Å²) < 4.78 is 0. The maximum absolute atomic E-state index is 11.4. The van der Waals surface area contributed by atoms with E-state index in [0.717, 1.165) is 92.8 Å². The molecule has 35 heavy (non-hydrogen) atoms. The average Bonchev–Trinajstić information content (AvgIpc) is 2.82. The highest BCUT2D eigenvalue weighted by Gasteiger charge is 2.16. The van der Waals surface area contributed by atoms with Crippen LogP contribution in [-0.4, -0.2) is 46.1 Å². The van der Waals surface area contributed by atoms with Gasteiger partial charge in [0.25, 0.3) is 0 Å². The number of fused-ring (bicyclic) bond motifs is 1. The lowest BCUT2D eigenvalue weighted by Gasteiger charge is -2.25. The number of rotatable bonds is 14. The minimum atomic E-state index is 0.322. The van der Waals surface area contributed by atoms with Gasteiger partial charge in [0.1, 0.15) is 5.75 Å². The van der Waals surface area contributed by atoms with Gasteiger partial charge >= 0.3 is 0 Å². The van der Waals surface area contributed by atoms with Crippen molar-refractivity contribution in [3.8, 4) is 5.75 Å². The van der Waals surface area contributed by atoms with Crippen LogP contribution < -0.4 is 5.32 Å². The molecule has 0 fully saturated rings. The number of phenolic OH excluding ortho intramolecular Hbond substituents is 1. The van der Waals surface area contributed by atoms with Gasteiger partial charge in [0.05, 0.1) is 11.2 Å². The Labute approximate surface area is 216 Å². The van der Waals surface area contributed by atoms with E-state index in [0.29, 0.717) is 10.8 Å². The fourth-order valence-corrected chi connectivity index (χ4v) is 4.91. The molecule has 0 saturated heterocycles. The van der Waals surface area contributed by atoms with Crippen molar-refractivity contribution >= 4 is 33.9 Å². The van der Waals surface area contributed by atoms with Crippen molar-refractivity contribution < 1.29 is 5.11 Å². The number of aromatic nitrogens is 1. The third-order valence-corrected chi connectivity index (χ3v) is 6.42. The van der Waals surface area contributed by atoms with E-state index in [1.54, 1.807) is 6.20 Å². The van der Waals surface area contributed by atoms with Crippen LogP contribution in [0.3, 0.4) is 0 Å². The number of aromatic hydroxyl groups is 1. The predicted molar refractivity (Wildman–Crippen MR) is 150 cm³/mol. The first kappa shape index (κ1) is 27.3. The standard InChI is InChI=1S/C29H41ClN4O/c1-5-13-33(14-6-2)20-22-17-23(21-34(15-7-3)16-8-4)29(35)28(18-22)32-26-11-12-31-27-19-24(30)9-10-25(26)27/h9-12,17-19,35H,5-8,13-16,20-21H2,1-4H3,(H,31,32). The topological polar surface area (TPSA) is 51.6 Å². The van der Waals surface area contributed by atoms with Gasteiger partial charge in [0, 0.05) is 40.9 Å². The third-order valence-electron chi connectivity index (χ3n) is 6.18. The van der Waals surface area contributed by atoms with Gasteiger partial charge < -0.3 is 10.4 Å². The lowest BCUT2D eigenvalue weighted by atomic mass is 10.0. The molecule has 5 nitrogen and oxygen atoms in total. The van der Waals surface area contributed by atoms with Crippen molar-refractivity contribution in [1.82, 2.24) is 14.8 Å². The molecule has 0 bridgehead atoms. The molecule has 0 saturated carbocycles. The van der Waals surface area contributed by atoms with Crippen LogP contribution in [-0.2, 0) is 13.1 Å². The van der Waals surface area contributed by atoms with Crippen molar-refractivity contribution in [2.24, 2.45) is 0 Å². The van der Waals surface area contributed by atoms with Crippen LogP contribution in [0.4, 0.5) is 11.4 Å². The molecule has 190 valence electrons. The lowest BCUT2D eigenvalue weighted by Crippen LogP contribution is -2.26. The first-order chi connectivity index (χ1) is 17.0. The smallest absolute Gasteiger partial charge is 0.143 e. The molecule has 0 spiro atoms.